The van der Waals surface area contributed by atoms with Crippen LogP contribution in [0.2, 0.25) is 0 Å². The molecule has 0 unspecified atom stereocenters. The van der Waals surface area contributed by atoms with E-state index in [0.717, 1.165) is 11.3 Å². The van der Waals surface area contributed by atoms with E-state index in [1.807, 2.05) is 18.2 Å². The van der Waals surface area contributed by atoms with Gasteiger partial charge in [0.05, 0.1) is 11.4 Å². The van der Waals surface area contributed by atoms with Gasteiger partial charge in [0.2, 0.25) is 0 Å². The van der Waals surface area contributed by atoms with Crippen LogP contribution < -0.4 is 0 Å². The fourth-order valence-electron chi connectivity index (χ4n) is 1.32. The van der Waals surface area contributed by atoms with E-state index in [1.54, 1.807) is 6.20 Å². The minimum Gasteiger partial charge on any atom is -0.286 e. The van der Waals surface area contributed by atoms with Crippen molar-refractivity contribution in [2.45, 2.75) is 19.3 Å². The van der Waals surface area contributed by atoms with Crippen molar-refractivity contribution in [3.63, 3.8) is 0 Å². The topological polar surface area (TPSA) is 67.3 Å². The zero-order valence-electron chi connectivity index (χ0n) is 8.96. The Labute approximate surface area is 95.8 Å². The summed E-state index contributed by atoms with van der Waals surface area (Å²) >= 11 is 0. The lowest BCUT2D eigenvalue weighted by atomic mass is 10.1. The number of allylic oxidation sites excluding steroid dienone is 1. The SMILES string of the molecule is C=C(CCCCS(=O)(=O)O)c1ccccn1. The van der Waals surface area contributed by atoms with Gasteiger partial charge in [-0.25, -0.2) is 0 Å². The molecule has 0 aliphatic carbocycles. The van der Waals surface area contributed by atoms with Crippen molar-refractivity contribution in [2.75, 3.05) is 5.75 Å². The summed E-state index contributed by atoms with van der Waals surface area (Å²) < 4.78 is 29.5. The van der Waals surface area contributed by atoms with E-state index in [-0.39, 0.29) is 5.75 Å². The minimum atomic E-state index is -3.83. The molecule has 88 valence electrons. The fraction of sp³-hybridized carbons (Fsp3) is 0.364. The predicted molar refractivity (Wildman–Crippen MR) is 63.5 cm³/mol. The van der Waals surface area contributed by atoms with Gasteiger partial charge in [-0.3, -0.25) is 9.54 Å². The average molecular weight is 241 g/mol. The zero-order valence-corrected chi connectivity index (χ0v) is 9.78. The Morgan fingerprint density at radius 1 is 1.38 bits per heavy atom. The Balaban J connectivity index is 2.32. The normalized spacial score (nSPS) is 11.3. The van der Waals surface area contributed by atoms with Gasteiger partial charge in [0, 0.05) is 6.20 Å². The van der Waals surface area contributed by atoms with E-state index in [2.05, 4.69) is 11.6 Å². The van der Waals surface area contributed by atoms with E-state index >= 15 is 0 Å². The van der Waals surface area contributed by atoms with Gasteiger partial charge in [-0.15, -0.1) is 0 Å². The second-order valence-corrected chi connectivity index (χ2v) is 5.13. The van der Waals surface area contributed by atoms with Crippen molar-refractivity contribution < 1.29 is 13.0 Å². The van der Waals surface area contributed by atoms with Crippen LogP contribution in [-0.4, -0.2) is 23.7 Å². The van der Waals surface area contributed by atoms with E-state index < -0.39 is 10.1 Å². The van der Waals surface area contributed by atoms with Crippen molar-refractivity contribution in [3.05, 3.63) is 36.7 Å². The van der Waals surface area contributed by atoms with Crippen LogP contribution in [0, 0.1) is 0 Å². The first-order valence-corrected chi connectivity index (χ1v) is 6.64. The monoisotopic (exact) mass is 241 g/mol. The standard InChI is InChI=1S/C11H15NO3S/c1-10(11-7-2-4-8-12-11)6-3-5-9-16(13,14)15/h2,4,7-8H,1,3,5-6,9H2,(H,13,14,15). The maximum atomic E-state index is 10.5. The lowest BCUT2D eigenvalue weighted by Crippen LogP contribution is -2.03. The number of unbranched alkanes of at least 4 members (excludes halogenated alkanes) is 1. The number of pyridine rings is 1. The molecule has 1 rings (SSSR count). The summed E-state index contributed by atoms with van der Waals surface area (Å²) in [5.74, 6) is -0.192. The summed E-state index contributed by atoms with van der Waals surface area (Å²) in [6.07, 6.45) is 3.49. The smallest absolute Gasteiger partial charge is 0.264 e. The first kappa shape index (κ1) is 12.9. The second-order valence-electron chi connectivity index (χ2n) is 3.56. The maximum Gasteiger partial charge on any atom is 0.264 e. The molecule has 1 aromatic heterocycles. The summed E-state index contributed by atoms with van der Waals surface area (Å²) in [5.41, 5.74) is 1.71. The first-order chi connectivity index (χ1) is 7.49. The number of rotatable bonds is 6. The first-order valence-electron chi connectivity index (χ1n) is 5.03. The maximum absolute atomic E-state index is 10.5. The molecule has 0 aromatic carbocycles. The Kier molecular flexibility index (Phi) is 4.64. The molecule has 0 radical (unpaired) electrons. The second kappa shape index (κ2) is 5.77. The van der Waals surface area contributed by atoms with Crippen molar-refractivity contribution >= 4 is 15.7 Å². The number of nitrogens with zero attached hydrogens (tertiary/aromatic N) is 1. The van der Waals surface area contributed by atoms with E-state index in [1.165, 1.54) is 0 Å². The summed E-state index contributed by atoms with van der Waals surface area (Å²) in [6, 6.07) is 5.58. The van der Waals surface area contributed by atoms with Crippen LogP contribution in [0.15, 0.2) is 31.0 Å². The quantitative estimate of drug-likeness (QED) is 0.612. The summed E-state index contributed by atoms with van der Waals surface area (Å²) in [5, 5.41) is 0. The lowest BCUT2D eigenvalue weighted by molar-refractivity contribution is 0.480. The highest BCUT2D eigenvalue weighted by Gasteiger charge is 2.04. The van der Waals surface area contributed by atoms with Crippen LogP contribution >= 0.6 is 0 Å². The third-order valence-electron chi connectivity index (χ3n) is 2.16. The van der Waals surface area contributed by atoms with E-state index in [0.29, 0.717) is 19.3 Å². The molecule has 0 spiro atoms. The molecule has 0 fully saturated rings. The van der Waals surface area contributed by atoms with Crippen molar-refractivity contribution in [1.82, 2.24) is 4.98 Å². The van der Waals surface area contributed by atoms with Crippen LogP contribution in [0.3, 0.4) is 0 Å². The van der Waals surface area contributed by atoms with Gasteiger partial charge in [-0.2, -0.15) is 8.42 Å². The minimum absolute atomic E-state index is 0.192. The van der Waals surface area contributed by atoms with Crippen LogP contribution in [0.25, 0.3) is 5.57 Å². The summed E-state index contributed by atoms with van der Waals surface area (Å²) in [7, 11) is -3.83. The molecule has 0 saturated heterocycles. The zero-order chi connectivity index (χ0) is 12.0. The molecule has 4 nitrogen and oxygen atoms in total. The largest absolute Gasteiger partial charge is 0.286 e. The molecule has 0 bridgehead atoms. The van der Waals surface area contributed by atoms with Crippen LogP contribution in [0.4, 0.5) is 0 Å². The molecule has 0 atom stereocenters. The number of hydrogen-bond acceptors (Lipinski definition) is 3. The van der Waals surface area contributed by atoms with Gasteiger partial charge < -0.3 is 0 Å². The van der Waals surface area contributed by atoms with Gasteiger partial charge >= 0.3 is 0 Å². The molecule has 0 aliphatic heterocycles. The molecule has 5 heteroatoms. The van der Waals surface area contributed by atoms with Gasteiger partial charge in [-0.05, 0) is 37.0 Å². The highest BCUT2D eigenvalue weighted by atomic mass is 32.2. The molecule has 0 saturated carbocycles. The van der Waals surface area contributed by atoms with E-state index in [9.17, 15) is 8.42 Å². The molecular formula is C11H15NO3S. The summed E-state index contributed by atoms with van der Waals surface area (Å²) in [6.45, 7) is 3.88. The molecule has 16 heavy (non-hydrogen) atoms. The number of hydrogen-bond donors (Lipinski definition) is 1. The van der Waals surface area contributed by atoms with Crippen molar-refractivity contribution in [2.24, 2.45) is 0 Å². The fourth-order valence-corrected chi connectivity index (χ4v) is 1.89. The lowest BCUT2D eigenvalue weighted by Gasteiger charge is -2.03. The molecule has 0 aliphatic rings. The van der Waals surface area contributed by atoms with Crippen LogP contribution in [0.1, 0.15) is 25.0 Å². The third-order valence-corrected chi connectivity index (χ3v) is 2.96. The van der Waals surface area contributed by atoms with Gasteiger partial charge in [0.15, 0.2) is 0 Å². The van der Waals surface area contributed by atoms with Gasteiger partial charge in [-0.1, -0.05) is 12.6 Å². The molecule has 0 amide bonds. The highest BCUT2D eigenvalue weighted by molar-refractivity contribution is 7.85. The Hall–Kier alpha value is -1.20. The molecule has 1 aromatic rings. The molecular weight excluding hydrogens is 226 g/mol. The van der Waals surface area contributed by atoms with Crippen molar-refractivity contribution in [3.8, 4) is 0 Å². The summed E-state index contributed by atoms with van der Waals surface area (Å²) in [4.78, 5) is 4.14. The van der Waals surface area contributed by atoms with Gasteiger partial charge in [0.25, 0.3) is 10.1 Å². The Bertz CT molecular complexity index is 440. The van der Waals surface area contributed by atoms with E-state index in [4.69, 9.17) is 4.55 Å². The van der Waals surface area contributed by atoms with Crippen LogP contribution in [0.5, 0.6) is 0 Å². The molecule has 1 N–H and O–H groups in total. The Morgan fingerprint density at radius 3 is 2.69 bits per heavy atom. The third kappa shape index (κ3) is 5.04. The Morgan fingerprint density at radius 2 is 2.12 bits per heavy atom. The van der Waals surface area contributed by atoms with Crippen molar-refractivity contribution in [1.29, 1.82) is 0 Å². The predicted octanol–water partition coefficient (Wildman–Crippen LogP) is 2.15. The van der Waals surface area contributed by atoms with Crippen LogP contribution in [-0.2, 0) is 10.1 Å². The molecule has 1 heterocycles. The average Bonchev–Trinajstić information content (AvgIpc) is 2.24. The number of aromatic nitrogens is 1. The highest BCUT2D eigenvalue weighted by Crippen LogP contribution is 2.16. The van der Waals surface area contributed by atoms with Gasteiger partial charge in [0.1, 0.15) is 0 Å².